The van der Waals surface area contributed by atoms with Crippen molar-refractivity contribution in [2.75, 3.05) is 12.4 Å². The summed E-state index contributed by atoms with van der Waals surface area (Å²) in [6.45, 7) is 0.632. The van der Waals surface area contributed by atoms with Gasteiger partial charge in [0.15, 0.2) is 0 Å². The Labute approximate surface area is 116 Å². The molecule has 0 unspecified atom stereocenters. The molecule has 0 bridgehead atoms. The van der Waals surface area contributed by atoms with Gasteiger partial charge in [0.1, 0.15) is 5.75 Å². The van der Waals surface area contributed by atoms with Crippen LogP contribution in [0.2, 0.25) is 10.0 Å². The van der Waals surface area contributed by atoms with Gasteiger partial charge in [0.05, 0.1) is 22.8 Å². The molecule has 18 heavy (non-hydrogen) atoms. The van der Waals surface area contributed by atoms with Crippen LogP contribution < -0.4 is 10.1 Å². The van der Waals surface area contributed by atoms with E-state index in [2.05, 4.69) is 10.3 Å². The molecule has 0 aliphatic rings. The monoisotopic (exact) mass is 282 g/mol. The van der Waals surface area contributed by atoms with E-state index in [-0.39, 0.29) is 0 Å². The van der Waals surface area contributed by atoms with Crippen LogP contribution in [0.1, 0.15) is 5.56 Å². The molecule has 2 aromatic rings. The molecule has 0 amide bonds. The summed E-state index contributed by atoms with van der Waals surface area (Å²) in [5.41, 5.74) is 1.81. The number of nitrogens with zero attached hydrogens (tertiary/aromatic N) is 1. The third-order valence-corrected chi connectivity index (χ3v) is 3.05. The SMILES string of the molecule is COc1ccc(CNc2c(Cl)cncc2Cl)cc1. The van der Waals surface area contributed by atoms with Crippen molar-refractivity contribution in [2.45, 2.75) is 6.54 Å². The van der Waals surface area contributed by atoms with Gasteiger partial charge in [-0.05, 0) is 17.7 Å². The summed E-state index contributed by atoms with van der Waals surface area (Å²) in [7, 11) is 1.64. The highest BCUT2D eigenvalue weighted by molar-refractivity contribution is 6.38. The first kappa shape index (κ1) is 13.0. The number of rotatable bonds is 4. The van der Waals surface area contributed by atoms with Gasteiger partial charge in [-0.25, -0.2) is 0 Å². The Hall–Kier alpha value is -1.45. The molecule has 5 heteroatoms. The minimum atomic E-state index is 0.510. The molecule has 0 saturated heterocycles. The highest BCUT2D eigenvalue weighted by atomic mass is 35.5. The van der Waals surface area contributed by atoms with Gasteiger partial charge in [-0.3, -0.25) is 4.98 Å². The van der Waals surface area contributed by atoms with Gasteiger partial charge in [0, 0.05) is 18.9 Å². The molecule has 94 valence electrons. The van der Waals surface area contributed by atoms with Crippen molar-refractivity contribution in [1.29, 1.82) is 0 Å². The Morgan fingerprint density at radius 3 is 2.28 bits per heavy atom. The minimum absolute atomic E-state index is 0.510. The van der Waals surface area contributed by atoms with E-state index in [4.69, 9.17) is 27.9 Å². The van der Waals surface area contributed by atoms with Crippen molar-refractivity contribution >= 4 is 28.9 Å². The van der Waals surface area contributed by atoms with Crippen molar-refractivity contribution < 1.29 is 4.74 Å². The molecule has 0 fully saturated rings. The van der Waals surface area contributed by atoms with E-state index in [1.165, 1.54) is 0 Å². The number of nitrogens with one attached hydrogen (secondary N) is 1. The normalized spacial score (nSPS) is 10.2. The highest BCUT2D eigenvalue weighted by Crippen LogP contribution is 2.29. The van der Waals surface area contributed by atoms with Gasteiger partial charge in [-0.1, -0.05) is 35.3 Å². The van der Waals surface area contributed by atoms with Crippen LogP contribution in [0.4, 0.5) is 5.69 Å². The lowest BCUT2D eigenvalue weighted by atomic mass is 10.2. The number of anilines is 1. The van der Waals surface area contributed by atoms with E-state index in [0.717, 1.165) is 11.3 Å². The predicted octanol–water partition coefficient (Wildman–Crippen LogP) is 4.01. The number of pyridine rings is 1. The molecular formula is C13H12Cl2N2O. The average Bonchev–Trinajstić information content (AvgIpc) is 2.39. The third-order valence-electron chi connectivity index (χ3n) is 2.48. The Morgan fingerprint density at radius 2 is 1.72 bits per heavy atom. The van der Waals surface area contributed by atoms with E-state index >= 15 is 0 Å². The molecule has 3 nitrogen and oxygen atoms in total. The average molecular weight is 283 g/mol. The second-order valence-corrected chi connectivity index (χ2v) is 4.49. The van der Waals surface area contributed by atoms with Crippen molar-refractivity contribution in [3.05, 3.63) is 52.3 Å². The minimum Gasteiger partial charge on any atom is -0.497 e. The molecule has 0 aliphatic carbocycles. The zero-order chi connectivity index (χ0) is 13.0. The zero-order valence-electron chi connectivity index (χ0n) is 9.78. The van der Waals surface area contributed by atoms with Crippen LogP contribution in [0, 0.1) is 0 Å². The van der Waals surface area contributed by atoms with E-state index in [1.54, 1.807) is 19.5 Å². The molecule has 1 aromatic carbocycles. The quantitative estimate of drug-likeness (QED) is 0.920. The molecule has 0 radical (unpaired) electrons. The van der Waals surface area contributed by atoms with Gasteiger partial charge < -0.3 is 10.1 Å². The number of hydrogen-bond acceptors (Lipinski definition) is 3. The topological polar surface area (TPSA) is 34.1 Å². The summed E-state index contributed by atoms with van der Waals surface area (Å²) in [5.74, 6) is 0.832. The standard InChI is InChI=1S/C13H12Cl2N2O/c1-18-10-4-2-9(3-5-10)6-17-13-11(14)7-16-8-12(13)15/h2-5,7-8H,6H2,1H3,(H,16,17). The van der Waals surface area contributed by atoms with Crippen LogP contribution in [0.15, 0.2) is 36.7 Å². The number of ether oxygens (including phenoxy) is 1. The fraction of sp³-hybridized carbons (Fsp3) is 0.154. The van der Waals surface area contributed by atoms with Gasteiger partial charge >= 0.3 is 0 Å². The van der Waals surface area contributed by atoms with Gasteiger partial charge in [0.2, 0.25) is 0 Å². The first-order valence-electron chi connectivity index (χ1n) is 5.36. The van der Waals surface area contributed by atoms with E-state index in [1.807, 2.05) is 24.3 Å². The van der Waals surface area contributed by atoms with Gasteiger partial charge in [-0.15, -0.1) is 0 Å². The maximum atomic E-state index is 6.01. The molecule has 1 N–H and O–H groups in total. The summed E-state index contributed by atoms with van der Waals surface area (Å²) in [4.78, 5) is 3.90. The van der Waals surface area contributed by atoms with Crippen LogP contribution >= 0.6 is 23.2 Å². The first-order valence-corrected chi connectivity index (χ1v) is 6.12. The van der Waals surface area contributed by atoms with Crippen LogP contribution in [0.25, 0.3) is 0 Å². The number of hydrogen-bond donors (Lipinski definition) is 1. The predicted molar refractivity (Wildman–Crippen MR) is 74.6 cm³/mol. The fourth-order valence-corrected chi connectivity index (χ4v) is 2.01. The summed E-state index contributed by atoms with van der Waals surface area (Å²) in [6, 6.07) is 7.78. The zero-order valence-corrected chi connectivity index (χ0v) is 11.3. The van der Waals surface area contributed by atoms with E-state index in [9.17, 15) is 0 Å². The maximum Gasteiger partial charge on any atom is 0.118 e. The lowest BCUT2D eigenvalue weighted by Crippen LogP contribution is -2.01. The van der Waals surface area contributed by atoms with E-state index < -0.39 is 0 Å². The molecule has 0 spiro atoms. The second-order valence-electron chi connectivity index (χ2n) is 3.68. The van der Waals surface area contributed by atoms with Crippen LogP contribution in [0.3, 0.4) is 0 Å². The summed E-state index contributed by atoms with van der Waals surface area (Å²) < 4.78 is 5.10. The Balaban J connectivity index is 2.06. The molecule has 0 saturated carbocycles. The molecule has 0 aliphatic heterocycles. The summed E-state index contributed by atoms with van der Waals surface area (Å²) in [5, 5.41) is 4.21. The van der Waals surface area contributed by atoms with Crippen LogP contribution in [0.5, 0.6) is 5.75 Å². The second kappa shape index (κ2) is 5.94. The highest BCUT2D eigenvalue weighted by Gasteiger charge is 2.05. The Kier molecular flexibility index (Phi) is 4.28. The van der Waals surface area contributed by atoms with Gasteiger partial charge in [-0.2, -0.15) is 0 Å². The van der Waals surface area contributed by atoms with E-state index in [0.29, 0.717) is 22.3 Å². The number of halogens is 2. The molecule has 2 rings (SSSR count). The van der Waals surface area contributed by atoms with Crippen molar-refractivity contribution in [1.82, 2.24) is 4.98 Å². The van der Waals surface area contributed by atoms with Gasteiger partial charge in [0.25, 0.3) is 0 Å². The molecule has 1 aromatic heterocycles. The Bertz CT molecular complexity index is 509. The molecule has 0 atom stereocenters. The van der Waals surface area contributed by atoms with Crippen LogP contribution in [-0.4, -0.2) is 12.1 Å². The number of aromatic nitrogens is 1. The number of methoxy groups -OCH3 is 1. The van der Waals surface area contributed by atoms with Crippen LogP contribution in [-0.2, 0) is 6.54 Å². The maximum absolute atomic E-state index is 6.01. The lowest BCUT2D eigenvalue weighted by molar-refractivity contribution is 0.414. The summed E-state index contributed by atoms with van der Waals surface area (Å²) >= 11 is 12.0. The molecule has 1 heterocycles. The van der Waals surface area contributed by atoms with Crippen molar-refractivity contribution in [3.8, 4) is 5.75 Å². The summed E-state index contributed by atoms with van der Waals surface area (Å²) in [6.07, 6.45) is 3.12. The first-order chi connectivity index (χ1) is 8.70. The smallest absolute Gasteiger partial charge is 0.118 e. The largest absolute Gasteiger partial charge is 0.497 e. The Morgan fingerprint density at radius 1 is 1.11 bits per heavy atom. The number of benzene rings is 1. The fourth-order valence-electron chi connectivity index (χ4n) is 1.51. The third kappa shape index (κ3) is 3.06. The van der Waals surface area contributed by atoms with Crippen molar-refractivity contribution in [2.24, 2.45) is 0 Å². The lowest BCUT2D eigenvalue weighted by Gasteiger charge is -2.10. The van der Waals surface area contributed by atoms with Crippen molar-refractivity contribution in [3.63, 3.8) is 0 Å². The molecular weight excluding hydrogens is 271 g/mol.